The van der Waals surface area contributed by atoms with Crippen molar-refractivity contribution in [1.29, 1.82) is 0 Å². The van der Waals surface area contributed by atoms with Gasteiger partial charge in [-0.2, -0.15) is 18.3 Å². The molecule has 5 rings (SSSR count). The predicted octanol–water partition coefficient (Wildman–Crippen LogP) is 4.86. The van der Waals surface area contributed by atoms with E-state index in [-0.39, 0.29) is 31.3 Å². The number of aromatic nitrogens is 2. The van der Waals surface area contributed by atoms with E-state index in [0.29, 0.717) is 22.1 Å². The number of nitrogens with zero attached hydrogens (tertiary/aromatic N) is 2. The topological polar surface area (TPSA) is 77.4 Å². The van der Waals surface area contributed by atoms with Gasteiger partial charge in [0.15, 0.2) is 23.2 Å². The molecule has 1 amide bonds. The molecule has 172 valence electrons. The molecule has 33 heavy (non-hydrogen) atoms. The highest BCUT2D eigenvalue weighted by atomic mass is 35.5. The summed E-state index contributed by atoms with van der Waals surface area (Å²) < 4.78 is 53.1. The Morgan fingerprint density at radius 3 is 2.67 bits per heavy atom. The molecule has 1 aromatic heterocycles. The van der Waals surface area contributed by atoms with E-state index >= 15 is 0 Å². The number of halogens is 4. The van der Waals surface area contributed by atoms with Crippen LogP contribution in [0, 0.1) is 0 Å². The summed E-state index contributed by atoms with van der Waals surface area (Å²) >= 11 is 5.85. The number of anilines is 1. The Morgan fingerprint density at radius 1 is 1.15 bits per heavy atom. The zero-order chi connectivity index (χ0) is 23.2. The van der Waals surface area contributed by atoms with Crippen molar-refractivity contribution in [2.75, 3.05) is 12.1 Å². The summed E-state index contributed by atoms with van der Waals surface area (Å²) in [6.45, 7) is 0.261. The molecule has 11 heteroatoms. The highest BCUT2D eigenvalue weighted by Gasteiger charge is 2.47. The molecule has 2 atom stereocenters. The van der Waals surface area contributed by atoms with Crippen molar-refractivity contribution in [2.24, 2.45) is 0 Å². The fourth-order valence-electron chi connectivity index (χ4n) is 3.91. The molecule has 0 unspecified atom stereocenters. The van der Waals surface area contributed by atoms with E-state index in [2.05, 4.69) is 15.7 Å². The molecule has 3 heterocycles. The Labute approximate surface area is 191 Å². The summed E-state index contributed by atoms with van der Waals surface area (Å²) in [4.78, 5) is 12.6. The minimum Gasteiger partial charge on any atom is -0.454 e. The van der Waals surface area contributed by atoms with Gasteiger partial charge in [-0.15, -0.1) is 0 Å². The van der Waals surface area contributed by atoms with Gasteiger partial charge >= 0.3 is 6.18 Å². The second kappa shape index (κ2) is 8.18. The number of amides is 1. The number of ether oxygens (including phenoxy) is 2. The van der Waals surface area contributed by atoms with Crippen LogP contribution in [0.25, 0.3) is 0 Å². The molecule has 0 saturated carbocycles. The summed E-state index contributed by atoms with van der Waals surface area (Å²) in [6, 6.07) is 10.7. The standard InChI is InChI=1S/C22H18ClF3N4O3/c23-14-4-1-12(2-5-14)10-27-21(31)16-9-20-28-15(8-19(22(24,25)26)30(20)29-16)13-3-6-17-18(7-13)33-11-32-17/h1-7,9,15,19,28H,8,10-11H2,(H,27,31)/t15-,19+/m1/s1. The lowest BCUT2D eigenvalue weighted by molar-refractivity contribution is -0.173. The van der Waals surface area contributed by atoms with E-state index in [1.165, 1.54) is 6.07 Å². The summed E-state index contributed by atoms with van der Waals surface area (Å²) in [5.74, 6) is 0.572. The Hall–Kier alpha value is -3.40. The monoisotopic (exact) mass is 478 g/mol. The van der Waals surface area contributed by atoms with Gasteiger partial charge in [0, 0.05) is 24.1 Å². The fraction of sp³-hybridized carbons (Fsp3) is 0.273. The van der Waals surface area contributed by atoms with Gasteiger partial charge in [0.05, 0.1) is 6.04 Å². The van der Waals surface area contributed by atoms with E-state index in [4.69, 9.17) is 21.1 Å². The summed E-state index contributed by atoms with van der Waals surface area (Å²) in [5.41, 5.74) is 1.31. The van der Waals surface area contributed by atoms with Gasteiger partial charge in [0.25, 0.3) is 5.91 Å². The van der Waals surface area contributed by atoms with E-state index < -0.39 is 24.2 Å². The average Bonchev–Trinajstić information content (AvgIpc) is 3.43. The predicted molar refractivity (Wildman–Crippen MR) is 113 cm³/mol. The van der Waals surface area contributed by atoms with Crippen molar-refractivity contribution < 1.29 is 27.4 Å². The molecule has 0 bridgehead atoms. The van der Waals surface area contributed by atoms with Gasteiger partial charge in [0.2, 0.25) is 6.79 Å². The van der Waals surface area contributed by atoms with Crippen molar-refractivity contribution in [3.63, 3.8) is 0 Å². The van der Waals surface area contributed by atoms with E-state index in [1.807, 2.05) is 0 Å². The normalized spacial score (nSPS) is 19.0. The molecule has 2 aromatic carbocycles. The highest BCUT2D eigenvalue weighted by Crippen LogP contribution is 2.45. The minimum atomic E-state index is -4.55. The van der Waals surface area contributed by atoms with Crippen LogP contribution in [-0.2, 0) is 6.54 Å². The molecule has 2 N–H and O–H groups in total. The van der Waals surface area contributed by atoms with Crippen LogP contribution >= 0.6 is 11.6 Å². The fourth-order valence-corrected chi connectivity index (χ4v) is 4.03. The molecule has 0 aliphatic carbocycles. The number of alkyl halides is 3. The molecule has 0 radical (unpaired) electrons. The number of hydrogen-bond acceptors (Lipinski definition) is 5. The quantitative estimate of drug-likeness (QED) is 0.560. The second-order valence-electron chi connectivity index (χ2n) is 7.77. The number of carbonyl (C=O) groups excluding carboxylic acids is 1. The number of rotatable bonds is 4. The van der Waals surface area contributed by atoms with Crippen LogP contribution in [0.2, 0.25) is 5.02 Å². The second-order valence-corrected chi connectivity index (χ2v) is 8.21. The molecule has 0 fully saturated rings. The third-order valence-electron chi connectivity index (χ3n) is 5.59. The van der Waals surface area contributed by atoms with Gasteiger partial charge in [-0.1, -0.05) is 29.8 Å². The third-order valence-corrected chi connectivity index (χ3v) is 5.84. The van der Waals surface area contributed by atoms with Crippen LogP contribution in [0.4, 0.5) is 19.0 Å². The number of fused-ring (bicyclic) bond motifs is 2. The SMILES string of the molecule is O=C(NCc1ccc(Cl)cc1)c1cc2n(n1)[C@H](C(F)(F)F)C[C@H](c1ccc3c(c1)OCO3)N2. The lowest BCUT2D eigenvalue weighted by atomic mass is 9.96. The van der Waals surface area contributed by atoms with Crippen LogP contribution in [0.5, 0.6) is 11.5 Å². The highest BCUT2D eigenvalue weighted by molar-refractivity contribution is 6.30. The van der Waals surface area contributed by atoms with Crippen LogP contribution in [0.1, 0.15) is 40.1 Å². The molecular weight excluding hydrogens is 461 g/mol. The van der Waals surface area contributed by atoms with Crippen molar-refractivity contribution in [2.45, 2.75) is 31.2 Å². The largest absolute Gasteiger partial charge is 0.454 e. The minimum absolute atomic E-state index is 0.0727. The summed E-state index contributed by atoms with van der Waals surface area (Å²) in [5, 5.41) is 10.3. The zero-order valence-electron chi connectivity index (χ0n) is 17.0. The van der Waals surface area contributed by atoms with Gasteiger partial charge in [-0.05, 0) is 35.4 Å². The first-order valence-corrected chi connectivity index (χ1v) is 10.5. The third kappa shape index (κ3) is 4.30. The van der Waals surface area contributed by atoms with Crippen molar-refractivity contribution in [3.8, 4) is 11.5 Å². The van der Waals surface area contributed by atoms with Crippen molar-refractivity contribution >= 4 is 23.3 Å². The summed E-state index contributed by atoms with van der Waals surface area (Å²) in [6.07, 6.45) is -4.84. The first kappa shape index (κ1) is 21.4. The number of nitrogens with one attached hydrogen (secondary N) is 2. The Morgan fingerprint density at radius 2 is 1.91 bits per heavy atom. The molecule has 0 spiro atoms. The van der Waals surface area contributed by atoms with Crippen LogP contribution in [0.3, 0.4) is 0 Å². The maximum absolute atomic E-state index is 13.9. The lowest BCUT2D eigenvalue weighted by Gasteiger charge is -2.33. The number of hydrogen-bond donors (Lipinski definition) is 2. The number of carbonyl (C=O) groups is 1. The Bertz CT molecular complexity index is 1200. The molecule has 0 saturated heterocycles. The van der Waals surface area contributed by atoms with E-state index in [1.54, 1.807) is 42.5 Å². The van der Waals surface area contributed by atoms with E-state index in [9.17, 15) is 18.0 Å². The van der Waals surface area contributed by atoms with Gasteiger partial charge in [0.1, 0.15) is 5.82 Å². The molecule has 2 aliphatic heterocycles. The van der Waals surface area contributed by atoms with Gasteiger partial charge < -0.3 is 20.1 Å². The maximum Gasteiger partial charge on any atom is 0.410 e. The van der Waals surface area contributed by atoms with Crippen LogP contribution in [-0.4, -0.2) is 28.7 Å². The Kier molecular flexibility index (Phi) is 5.32. The van der Waals surface area contributed by atoms with E-state index in [0.717, 1.165) is 10.2 Å². The van der Waals surface area contributed by atoms with Gasteiger partial charge in [-0.25, -0.2) is 4.68 Å². The Balaban J connectivity index is 1.38. The van der Waals surface area contributed by atoms with Crippen molar-refractivity contribution in [3.05, 3.63) is 70.4 Å². The zero-order valence-corrected chi connectivity index (χ0v) is 17.8. The molecular formula is C22H18ClF3N4O3. The smallest absolute Gasteiger partial charge is 0.410 e. The van der Waals surface area contributed by atoms with Crippen molar-refractivity contribution in [1.82, 2.24) is 15.1 Å². The molecule has 7 nitrogen and oxygen atoms in total. The summed E-state index contributed by atoms with van der Waals surface area (Å²) in [7, 11) is 0. The molecule has 2 aliphatic rings. The van der Waals surface area contributed by atoms with Crippen LogP contribution < -0.4 is 20.1 Å². The molecule has 3 aromatic rings. The first-order chi connectivity index (χ1) is 15.8. The number of benzene rings is 2. The lowest BCUT2D eigenvalue weighted by Crippen LogP contribution is -2.35. The van der Waals surface area contributed by atoms with Crippen LogP contribution in [0.15, 0.2) is 48.5 Å². The van der Waals surface area contributed by atoms with Gasteiger partial charge in [-0.3, -0.25) is 4.79 Å². The average molecular weight is 479 g/mol. The first-order valence-electron chi connectivity index (χ1n) is 10.1. The maximum atomic E-state index is 13.9.